The van der Waals surface area contributed by atoms with Gasteiger partial charge in [0.2, 0.25) is 0 Å². The third-order valence-corrected chi connectivity index (χ3v) is 3.10. The molecule has 0 aliphatic heterocycles. The van der Waals surface area contributed by atoms with Crippen LogP contribution in [0.2, 0.25) is 0 Å². The summed E-state index contributed by atoms with van der Waals surface area (Å²) in [6, 6.07) is 8.05. The predicted octanol–water partition coefficient (Wildman–Crippen LogP) is 2.73. The van der Waals surface area contributed by atoms with Gasteiger partial charge in [-0.1, -0.05) is 25.0 Å². The number of aromatic nitrogens is 1. The largest absolute Gasteiger partial charge is 0.322 e. The summed E-state index contributed by atoms with van der Waals surface area (Å²) in [6.45, 7) is 5.82. The maximum absolute atomic E-state index is 11.9. The smallest absolute Gasteiger partial charge is 0.252 e. The van der Waals surface area contributed by atoms with E-state index in [1.807, 2.05) is 18.2 Å². The van der Waals surface area contributed by atoms with Crippen LogP contribution in [-0.4, -0.2) is 11.5 Å². The Morgan fingerprint density at radius 3 is 2.89 bits per heavy atom. The number of rotatable bonds is 5. The van der Waals surface area contributed by atoms with Crippen LogP contribution in [0.25, 0.3) is 10.9 Å². The van der Waals surface area contributed by atoms with Crippen molar-refractivity contribution in [2.24, 2.45) is 0 Å². The fourth-order valence-electron chi connectivity index (χ4n) is 2.03. The van der Waals surface area contributed by atoms with Crippen molar-refractivity contribution in [2.75, 3.05) is 6.54 Å². The molecule has 0 amide bonds. The van der Waals surface area contributed by atoms with Crippen LogP contribution in [0.15, 0.2) is 29.1 Å². The monoisotopic (exact) mass is 244 g/mol. The molecule has 3 heteroatoms. The molecule has 0 saturated heterocycles. The standard InChI is InChI=1S/C15H20N2O/c1-3-4-7-16-10-13-9-12-8-11(2)5-6-14(12)17-15(13)18/h5-6,8-9,16H,3-4,7,10H2,1-2H3,(H,17,18). The first-order valence-electron chi connectivity index (χ1n) is 6.54. The highest BCUT2D eigenvalue weighted by atomic mass is 16.1. The lowest BCUT2D eigenvalue weighted by molar-refractivity contribution is 0.639. The van der Waals surface area contributed by atoms with E-state index in [1.54, 1.807) is 0 Å². The molecule has 0 radical (unpaired) electrons. The molecule has 0 fully saturated rings. The second kappa shape index (κ2) is 5.83. The van der Waals surface area contributed by atoms with Crippen molar-refractivity contribution in [3.63, 3.8) is 0 Å². The Hall–Kier alpha value is -1.61. The number of nitrogens with one attached hydrogen (secondary N) is 2. The Morgan fingerprint density at radius 2 is 2.11 bits per heavy atom. The van der Waals surface area contributed by atoms with E-state index in [1.165, 1.54) is 12.0 Å². The molecule has 96 valence electrons. The van der Waals surface area contributed by atoms with Gasteiger partial charge in [0.25, 0.3) is 5.56 Å². The molecule has 0 unspecified atom stereocenters. The number of hydrogen-bond acceptors (Lipinski definition) is 2. The minimum absolute atomic E-state index is 0.00958. The molecule has 2 N–H and O–H groups in total. The zero-order valence-electron chi connectivity index (χ0n) is 11.0. The summed E-state index contributed by atoms with van der Waals surface area (Å²) in [5.41, 5.74) is 2.93. The van der Waals surface area contributed by atoms with Crippen molar-refractivity contribution < 1.29 is 0 Å². The molecular weight excluding hydrogens is 224 g/mol. The van der Waals surface area contributed by atoms with E-state index < -0.39 is 0 Å². The van der Waals surface area contributed by atoms with Gasteiger partial charge in [0, 0.05) is 17.6 Å². The third kappa shape index (κ3) is 2.99. The Labute approximate surface area is 107 Å². The molecule has 0 atom stereocenters. The first-order chi connectivity index (χ1) is 8.70. The molecule has 2 rings (SSSR count). The summed E-state index contributed by atoms with van der Waals surface area (Å²) in [6.07, 6.45) is 2.31. The highest BCUT2D eigenvalue weighted by molar-refractivity contribution is 5.79. The van der Waals surface area contributed by atoms with Crippen LogP contribution in [0.4, 0.5) is 0 Å². The summed E-state index contributed by atoms with van der Waals surface area (Å²) >= 11 is 0. The van der Waals surface area contributed by atoms with Crippen LogP contribution in [0, 0.1) is 6.92 Å². The zero-order chi connectivity index (χ0) is 13.0. The van der Waals surface area contributed by atoms with Gasteiger partial charge in [0.15, 0.2) is 0 Å². The lowest BCUT2D eigenvalue weighted by Crippen LogP contribution is -2.21. The number of benzene rings is 1. The van der Waals surface area contributed by atoms with Crippen LogP contribution in [0.3, 0.4) is 0 Å². The summed E-state index contributed by atoms with van der Waals surface area (Å²) in [4.78, 5) is 14.8. The fraction of sp³-hybridized carbons (Fsp3) is 0.400. The Bertz CT molecular complexity index is 587. The Balaban J connectivity index is 2.22. The van der Waals surface area contributed by atoms with Crippen molar-refractivity contribution in [1.82, 2.24) is 10.3 Å². The molecule has 18 heavy (non-hydrogen) atoms. The number of fused-ring (bicyclic) bond motifs is 1. The van der Waals surface area contributed by atoms with Gasteiger partial charge in [-0.25, -0.2) is 0 Å². The fourth-order valence-corrected chi connectivity index (χ4v) is 2.03. The number of H-pyrrole nitrogens is 1. The second-order valence-corrected chi connectivity index (χ2v) is 4.74. The molecule has 1 aromatic heterocycles. The van der Waals surface area contributed by atoms with Gasteiger partial charge in [-0.2, -0.15) is 0 Å². The molecule has 0 spiro atoms. The van der Waals surface area contributed by atoms with Gasteiger partial charge in [-0.3, -0.25) is 4.79 Å². The number of pyridine rings is 1. The van der Waals surface area contributed by atoms with Crippen molar-refractivity contribution in [1.29, 1.82) is 0 Å². The highest BCUT2D eigenvalue weighted by Crippen LogP contribution is 2.13. The molecule has 0 bridgehead atoms. The van der Waals surface area contributed by atoms with E-state index in [2.05, 4.69) is 30.2 Å². The molecule has 3 nitrogen and oxygen atoms in total. The molecular formula is C15H20N2O. The van der Waals surface area contributed by atoms with Crippen molar-refractivity contribution in [2.45, 2.75) is 33.2 Å². The van der Waals surface area contributed by atoms with Crippen LogP contribution < -0.4 is 10.9 Å². The quantitative estimate of drug-likeness (QED) is 0.794. The zero-order valence-corrected chi connectivity index (χ0v) is 11.0. The minimum atomic E-state index is 0.00958. The Kier molecular flexibility index (Phi) is 4.15. The van der Waals surface area contributed by atoms with E-state index in [0.717, 1.165) is 29.4 Å². The van der Waals surface area contributed by atoms with E-state index in [9.17, 15) is 4.79 Å². The van der Waals surface area contributed by atoms with Crippen LogP contribution in [0.1, 0.15) is 30.9 Å². The van der Waals surface area contributed by atoms with Gasteiger partial charge < -0.3 is 10.3 Å². The first kappa shape index (κ1) is 12.8. The average molecular weight is 244 g/mol. The maximum atomic E-state index is 11.9. The Morgan fingerprint density at radius 1 is 1.28 bits per heavy atom. The van der Waals surface area contributed by atoms with Crippen molar-refractivity contribution in [3.05, 3.63) is 45.7 Å². The van der Waals surface area contributed by atoms with Crippen LogP contribution >= 0.6 is 0 Å². The van der Waals surface area contributed by atoms with Gasteiger partial charge in [-0.05, 0) is 43.5 Å². The van der Waals surface area contributed by atoms with Gasteiger partial charge in [-0.15, -0.1) is 0 Å². The number of aryl methyl sites for hydroxylation is 1. The summed E-state index contributed by atoms with van der Waals surface area (Å²) in [5.74, 6) is 0. The van der Waals surface area contributed by atoms with Crippen molar-refractivity contribution in [3.8, 4) is 0 Å². The van der Waals surface area contributed by atoms with Crippen molar-refractivity contribution >= 4 is 10.9 Å². The molecule has 2 aromatic rings. The summed E-state index contributed by atoms with van der Waals surface area (Å²) < 4.78 is 0. The minimum Gasteiger partial charge on any atom is -0.322 e. The van der Waals surface area contributed by atoms with E-state index in [4.69, 9.17) is 0 Å². The normalized spacial score (nSPS) is 11.0. The number of hydrogen-bond donors (Lipinski definition) is 2. The first-order valence-corrected chi connectivity index (χ1v) is 6.54. The van der Waals surface area contributed by atoms with Gasteiger partial charge in [0.1, 0.15) is 0 Å². The van der Waals surface area contributed by atoms with Gasteiger partial charge in [0.05, 0.1) is 0 Å². The summed E-state index contributed by atoms with van der Waals surface area (Å²) in [5, 5.41) is 4.40. The summed E-state index contributed by atoms with van der Waals surface area (Å²) in [7, 11) is 0. The van der Waals surface area contributed by atoms with Gasteiger partial charge >= 0.3 is 0 Å². The second-order valence-electron chi connectivity index (χ2n) is 4.74. The van der Waals surface area contributed by atoms with E-state index in [-0.39, 0.29) is 5.56 Å². The predicted molar refractivity (Wildman–Crippen MR) is 75.9 cm³/mol. The maximum Gasteiger partial charge on any atom is 0.252 e. The van der Waals surface area contributed by atoms with E-state index in [0.29, 0.717) is 6.54 Å². The SMILES string of the molecule is CCCCNCc1cc2cc(C)ccc2[nH]c1=O. The van der Waals surface area contributed by atoms with Crippen LogP contribution in [0.5, 0.6) is 0 Å². The molecule has 0 saturated carbocycles. The molecule has 0 aliphatic carbocycles. The lowest BCUT2D eigenvalue weighted by atomic mass is 10.1. The highest BCUT2D eigenvalue weighted by Gasteiger charge is 2.02. The lowest BCUT2D eigenvalue weighted by Gasteiger charge is -2.05. The topological polar surface area (TPSA) is 44.9 Å². The van der Waals surface area contributed by atoms with Crippen LogP contribution in [-0.2, 0) is 6.54 Å². The molecule has 1 heterocycles. The molecule has 0 aliphatic rings. The molecule has 1 aromatic carbocycles. The van der Waals surface area contributed by atoms with E-state index >= 15 is 0 Å². The average Bonchev–Trinajstić information content (AvgIpc) is 2.35. The third-order valence-electron chi connectivity index (χ3n) is 3.10. The number of aromatic amines is 1. The number of unbranched alkanes of at least 4 members (excludes halogenated alkanes) is 1.